The lowest BCUT2D eigenvalue weighted by Gasteiger charge is -2.37. The Morgan fingerprint density at radius 1 is 1.24 bits per heavy atom. The number of nitrogens with one attached hydrogen (secondary N) is 1. The number of benzene rings is 1. The van der Waals surface area contributed by atoms with Gasteiger partial charge in [0, 0.05) is 24.9 Å². The third kappa shape index (κ3) is 3.42. The molecule has 0 spiro atoms. The summed E-state index contributed by atoms with van der Waals surface area (Å²) in [6.07, 6.45) is 3.87. The highest BCUT2D eigenvalue weighted by molar-refractivity contribution is 5.85. The summed E-state index contributed by atoms with van der Waals surface area (Å²) in [4.78, 5) is 4.22. The molecule has 0 aliphatic heterocycles. The lowest BCUT2D eigenvalue weighted by Crippen LogP contribution is -2.41. The summed E-state index contributed by atoms with van der Waals surface area (Å²) in [5, 5.41) is 6.01. The first kappa shape index (κ1) is 15.9. The van der Waals surface area contributed by atoms with Gasteiger partial charge in [0.25, 0.3) is 0 Å². The second kappa shape index (κ2) is 6.54. The fourth-order valence-electron chi connectivity index (χ4n) is 3.01. The van der Waals surface area contributed by atoms with Crippen molar-refractivity contribution in [1.82, 2.24) is 10.3 Å². The number of fused-ring (bicyclic) bond motifs is 1. The monoisotopic (exact) mass is 286 g/mol. The molecule has 21 heavy (non-hydrogen) atoms. The third-order valence-electron chi connectivity index (χ3n) is 3.88. The number of pyridine rings is 1. The number of likely N-dealkylation sites (N-methyl/N-ethyl adjacent to an activating group) is 1. The van der Waals surface area contributed by atoms with Crippen LogP contribution in [0.3, 0.4) is 0 Å². The molecular formula is C18H26N2O. The van der Waals surface area contributed by atoms with Gasteiger partial charge in [-0.25, -0.2) is 0 Å². The van der Waals surface area contributed by atoms with Gasteiger partial charge in [0.05, 0.1) is 12.1 Å². The molecule has 0 radical (unpaired) electrons. The molecule has 1 N–H and O–H groups in total. The molecule has 0 aliphatic carbocycles. The Morgan fingerprint density at radius 2 is 2.00 bits per heavy atom. The maximum Gasteiger partial charge on any atom is 0.0814 e. The second-order valence-corrected chi connectivity index (χ2v) is 6.50. The minimum absolute atomic E-state index is 0.0524. The average molecular weight is 286 g/mol. The zero-order chi connectivity index (χ0) is 15.5. The molecular weight excluding hydrogens is 260 g/mol. The van der Waals surface area contributed by atoms with Gasteiger partial charge >= 0.3 is 0 Å². The van der Waals surface area contributed by atoms with Crippen molar-refractivity contribution in [1.29, 1.82) is 0 Å². The summed E-state index contributed by atoms with van der Waals surface area (Å²) < 4.78 is 5.85. The van der Waals surface area contributed by atoms with E-state index >= 15 is 0 Å². The number of methoxy groups -OCH3 is 1. The molecule has 0 saturated heterocycles. The maximum absolute atomic E-state index is 5.85. The van der Waals surface area contributed by atoms with Gasteiger partial charge in [-0.2, -0.15) is 0 Å². The van der Waals surface area contributed by atoms with E-state index in [1.54, 1.807) is 7.11 Å². The van der Waals surface area contributed by atoms with Crippen molar-refractivity contribution < 1.29 is 4.74 Å². The van der Waals surface area contributed by atoms with E-state index in [1.165, 1.54) is 16.3 Å². The molecule has 114 valence electrons. The first-order valence-corrected chi connectivity index (χ1v) is 7.58. The van der Waals surface area contributed by atoms with Crippen molar-refractivity contribution >= 4 is 10.8 Å². The topological polar surface area (TPSA) is 34.2 Å². The molecule has 0 saturated carbocycles. The Labute approximate surface area is 127 Å². The lowest BCUT2D eigenvalue weighted by molar-refractivity contribution is -0.0112. The summed E-state index contributed by atoms with van der Waals surface area (Å²) in [5.41, 5.74) is 1.33. The van der Waals surface area contributed by atoms with E-state index in [4.69, 9.17) is 4.74 Å². The minimum Gasteiger partial charge on any atom is -0.379 e. The highest BCUT2D eigenvalue weighted by atomic mass is 16.5. The number of aromatic nitrogens is 1. The minimum atomic E-state index is 0.0524. The predicted octanol–water partition coefficient (Wildman–Crippen LogP) is 3.95. The number of hydrogen-bond donors (Lipinski definition) is 1. The quantitative estimate of drug-likeness (QED) is 0.903. The zero-order valence-corrected chi connectivity index (χ0v) is 13.7. The summed E-state index contributed by atoms with van der Waals surface area (Å²) in [7, 11) is 1.80. The van der Waals surface area contributed by atoms with Gasteiger partial charge in [0.2, 0.25) is 0 Å². The molecule has 2 rings (SSSR count). The van der Waals surface area contributed by atoms with Crippen molar-refractivity contribution in [3.8, 4) is 0 Å². The molecule has 1 heterocycles. The Bertz CT molecular complexity index is 584. The first-order valence-electron chi connectivity index (χ1n) is 7.58. The molecule has 2 unspecified atom stereocenters. The van der Waals surface area contributed by atoms with Gasteiger partial charge in [-0.05, 0) is 29.0 Å². The van der Waals surface area contributed by atoms with Gasteiger partial charge in [-0.1, -0.05) is 45.9 Å². The Hall–Kier alpha value is -1.45. The van der Waals surface area contributed by atoms with Crippen molar-refractivity contribution in [2.45, 2.75) is 39.8 Å². The summed E-state index contributed by atoms with van der Waals surface area (Å²) in [6.45, 7) is 9.70. The van der Waals surface area contributed by atoms with Crippen LogP contribution in [0.5, 0.6) is 0 Å². The van der Waals surface area contributed by atoms with Crippen LogP contribution in [-0.4, -0.2) is 24.7 Å². The van der Waals surface area contributed by atoms with E-state index in [2.05, 4.69) is 62.3 Å². The fraction of sp³-hybridized carbons (Fsp3) is 0.500. The summed E-state index contributed by atoms with van der Waals surface area (Å²) in [6, 6.07) is 8.64. The van der Waals surface area contributed by atoms with Gasteiger partial charge in [0.15, 0.2) is 0 Å². The van der Waals surface area contributed by atoms with Crippen molar-refractivity contribution in [3.63, 3.8) is 0 Å². The molecule has 2 aromatic rings. The standard InChI is InChI=1S/C18H26N2O/c1-6-20-16(17(21-5)18(2,3)4)15-9-7-8-13-12-19-11-10-14(13)15/h7-12,16-17,20H,6H2,1-5H3. The van der Waals surface area contributed by atoms with Crippen LogP contribution in [0.15, 0.2) is 36.7 Å². The van der Waals surface area contributed by atoms with E-state index in [9.17, 15) is 0 Å². The van der Waals surface area contributed by atoms with E-state index in [0.29, 0.717) is 0 Å². The van der Waals surface area contributed by atoms with Crippen LogP contribution in [0.25, 0.3) is 10.8 Å². The van der Waals surface area contributed by atoms with Crippen molar-refractivity contribution in [2.75, 3.05) is 13.7 Å². The molecule has 0 fully saturated rings. The summed E-state index contributed by atoms with van der Waals surface area (Å²) in [5.74, 6) is 0. The smallest absolute Gasteiger partial charge is 0.0814 e. The largest absolute Gasteiger partial charge is 0.379 e. The van der Waals surface area contributed by atoms with Gasteiger partial charge in [-0.3, -0.25) is 4.98 Å². The normalized spacial score (nSPS) is 15.1. The molecule has 1 aromatic carbocycles. The van der Waals surface area contributed by atoms with Crippen LogP contribution < -0.4 is 5.32 Å². The molecule has 3 heteroatoms. The zero-order valence-electron chi connectivity index (χ0n) is 13.7. The third-order valence-corrected chi connectivity index (χ3v) is 3.88. The number of rotatable bonds is 5. The van der Waals surface area contributed by atoms with Crippen LogP contribution in [0.4, 0.5) is 0 Å². The number of ether oxygens (including phenoxy) is 1. The lowest BCUT2D eigenvalue weighted by atomic mass is 9.81. The molecule has 0 bridgehead atoms. The maximum atomic E-state index is 5.85. The molecule has 0 amide bonds. The number of hydrogen-bond acceptors (Lipinski definition) is 3. The Kier molecular flexibility index (Phi) is 4.96. The van der Waals surface area contributed by atoms with E-state index in [-0.39, 0.29) is 17.6 Å². The van der Waals surface area contributed by atoms with Crippen LogP contribution >= 0.6 is 0 Å². The van der Waals surface area contributed by atoms with Gasteiger partial charge < -0.3 is 10.1 Å². The Morgan fingerprint density at radius 3 is 2.62 bits per heavy atom. The average Bonchev–Trinajstić information content (AvgIpc) is 2.45. The molecule has 2 atom stereocenters. The summed E-state index contributed by atoms with van der Waals surface area (Å²) >= 11 is 0. The number of nitrogens with zero attached hydrogens (tertiary/aromatic N) is 1. The Balaban J connectivity index is 2.55. The van der Waals surface area contributed by atoms with E-state index in [1.807, 2.05) is 12.4 Å². The predicted molar refractivity (Wildman–Crippen MR) is 88.4 cm³/mol. The van der Waals surface area contributed by atoms with Gasteiger partial charge in [0.1, 0.15) is 0 Å². The SMILES string of the molecule is CCNC(c1cccc2cnccc12)C(OC)C(C)(C)C. The van der Waals surface area contributed by atoms with Crippen molar-refractivity contribution in [2.24, 2.45) is 5.41 Å². The second-order valence-electron chi connectivity index (χ2n) is 6.50. The van der Waals surface area contributed by atoms with Crippen molar-refractivity contribution in [3.05, 3.63) is 42.2 Å². The van der Waals surface area contributed by atoms with Crippen LogP contribution in [-0.2, 0) is 4.74 Å². The van der Waals surface area contributed by atoms with E-state index in [0.717, 1.165) is 6.54 Å². The molecule has 3 nitrogen and oxygen atoms in total. The molecule has 1 aromatic heterocycles. The first-order chi connectivity index (χ1) is 9.99. The fourth-order valence-corrected chi connectivity index (χ4v) is 3.01. The highest BCUT2D eigenvalue weighted by Gasteiger charge is 2.33. The highest BCUT2D eigenvalue weighted by Crippen LogP contribution is 2.35. The molecule has 0 aliphatic rings. The van der Waals surface area contributed by atoms with Crippen LogP contribution in [0, 0.1) is 5.41 Å². The van der Waals surface area contributed by atoms with Gasteiger partial charge in [-0.15, -0.1) is 0 Å². The van der Waals surface area contributed by atoms with Crippen LogP contribution in [0.2, 0.25) is 0 Å². The van der Waals surface area contributed by atoms with E-state index < -0.39 is 0 Å². The van der Waals surface area contributed by atoms with Crippen LogP contribution in [0.1, 0.15) is 39.3 Å².